The van der Waals surface area contributed by atoms with Crippen molar-refractivity contribution in [3.8, 4) is 5.75 Å². The Bertz CT molecular complexity index is 1000. The van der Waals surface area contributed by atoms with Crippen LogP contribution in [0.2, 0.25) is 0 Å². The largest absolute Gasteiger partial charge is 0.490 e. The van der Waals surface area contributed by atoms with E-state index in [1.165, 1.54) is 24.3 Å². The molecule has 164 valence electrons. The molecule has 0 aliphatic rings. The Morgan fingerprint density at radius 1 is 1.13 bits per heavy atom. The highest BCUT2D eigenvalue weighted by atomic mass is 35.5. The van der Waals surface area contributed by atoms with Gasteiger partial charge >= 0.3 is 6.18 Å². The Hall–Kier alpha value is -3.29. The highest BCUT2D eigenvalue weighted by Crippen LogP contribution is 2.38. The number of halogens is 4. The number of alkyl halides is 4. The maximum atomic E-state index is 13.1. The van der Waals surface area contributed by atoms with E-state index in [9.17, 15) is 27.9 Å². The zero-order valence-corrected chi connectivity index (χ0v) is 16.8. The van der Waals surface area contributed by atoms with Crippen molar-refractivity contribution in [1.29, 1.82) is 0 Å². The van der Waals surface area contributed by atoms with Gasteiger partial charge < -0.3 is 20.5 Å². The van der Waals surface area contributed by atoms with Crippen molar-refractivity contribution in [3.63, 3.8) is 0 Å². The van der Waals surface area contributed by atoms with Crippen LogP contribution in [0.25, 0.3) is 4.85 Å². The van der Waals surface area contributed by atoms with Crippen LogP contribution in [0.3, 0.4) is 0 Å². The van der Waals surface area contributed by atoms with E-state index >= 15 is 0 Å². The van der Waals surface area contributed by atoms with Gasteiger partial charge in [-0.15, -0.1) is 11.6 Å². The van der Waals surface area contributed by atoms with Crippen molar-refractivity contribution in [3.05, 3.63) is 59.4 Å². The fourth-order valence-corrected chi connectivity index (χ4v) is 2.39. The first kappa shape index (κ1) is 24.0. The summed E-state index contributed by atoms with van der Waals surface area (Å²) in [6.07, 6.45) is -4.78. The summed E-state index contributed by atoms with van der Waals surface area (Å²) in [4.78, 5) is 26.4. The summed E-state index contributed by atoms with van der Waals surface area (Å²) < 4.78 is 44.5. The van der Waals surface area contributed by atoms with Gasteiger partial charge in [-0.1, -0.05) is 6.07 Å². The molecule has 2 rings (SSSR count). The summed E-state index contributed by atoms with van der Waals surface area (Å²) in [5, 5.41) is 15.1. The van der Waals surface area contributed by atoms with Gasteiger partial charge in [0.1, 0.15) is 18.2 Å². The Balaban J connectivity index is 2.03. The second-order valence-electron chi connectivity index (χ2n) is 6.56. The van der Waals surface area contributed by atoms with Gasteiger partial charge in [-0.05, 0) is 43.3 Å². The molecule has 2 amide bonds. The number of nitrogens with one attached hydrogen (secondary N) is 2. The fourth-order valence-electron chi connectivity index (χ4n) is 2.32. The first-order chi connectivity index (χ1) is 14.5. The third kappa shape index (κ3) is 6.60. The van der Waals surface area contributed by atoms with E-state index in [2.05, 4.69) is 15.5 Å². The van der Waals surface area contributed by atoms with Gasteiger partial charge in [-0.2, -0.15) is 13.2 Å². The predicted octanol–water partition coefficient (Wildman–Crippen LogP) is 4.20. The molecule has 0 fully saturated rings. The first-order valence-corrected chi connectivity index (χ1v) is 9.21. The third-order valence-electron chi connectivity index (χ3n) is 3.95. The lowest BCUT2D eigenvalue weighted by molar-refractivity contribution is -0.137. The first-order valence-electron chi connectivity index (χ1n) is 8.67. The molecule has 2 aromatic rings. The standard InChI is InChI=1S/C20H17ClF3N3O4/c1-19(30,11-31-14-6-3-12(4-7-14)26-17(28)10-21)18(29)27-13-5-8-16(25-2)15(9-13)20(22,23)24/h3-9,30H,10-11H2,1H3,(H,26,28)(H,27,29)/t19-/m0/s1. The Kier molecular flexibility index (Phi) is 7.49. The van der Waals surface area contributed by atoms with Crippen LogP contribution in [0.5, 0.6) is 5.75 Å². The summed E-state index contributed by atoms with van der Waals surface area (Å²) in [6.45, 7) is 7.46. The van der Waals surface area contributed by atoms with Gasteiger partial charge in [0, 0.05) is 11.4 Å². The number of carbonyl (C=O) groups excluding carboxylic acids is 2. The minimum atomic E-state index is -4.78. The molecule has 0 aliphatic heterocycles. The van der Waals surface area contributed by atoms with E-state index in [1.54, 1.807) is 0 Å². The van der Waals surface area contributed by atoms with Crippen LogP contribution in [0.1, 0.15) is 12.5 Å². The van der Waals surface area contributed by atoms with Gasteiger partial charge in [0.25, 0.3) is 5.91 Å². The number of benzene rings is 2. The molecular formula is C20H17ClF3N3O4. The van der Waals surface area contributed by atoms with Crippen molar-refractivity contribution in [2.24, 2.45) is 0 Å². The van der Waals surface area contributed by atoms with Gasteiger partial charge in [-0.25, -0.2) is 4.85 Å². The number of hydrogen-bond acceptors (Lipinski definition) is 4. The van der Waals surface area contributed by atoms with E-state index in [-0.39, 0.29) is 17.3 Å². The number of hydrogen-bond donors (Lipinski definition) is 3. The van der Waals surface area contributed by atoms with E-state index in [0.717, 1.165) is 19.1 Å². The van der Waals surface area contributed by atoms with Gasteiger partial charge in [0.15, 0.2) is 11.3 Å². The van der Waals surface area contributed by atoms with Crippen molar-refractivity contribution < 1.29 is 32.6 Å². The molecule has 0 aliphatic carbocycles. The maximum Gasteiger partial charge on any atom is 0.407 e. The number of carbonyl (C=O) groups is 2. The second kappa shape index (κ2) is 9.68. The number of rotatable bonds is 7. The van der Waals surface area contributed by atoms with Crippen LogP contribution >= 0.6 is 11.6 Å². The lowest BCUT2D eigenvalue weighted by Gasteiger charge is -2.23. The van der Waals surface area contributed by atoms with E-state index < -0.39 is 41.4 Å². The molecule has 0 saturated carbocycles. The summed E-state index contributed by atoms with van der Waals surface area (Å²) in [5.74, 6) is -1.32. The van der Waals surface area contributed by atoms with Crippen LogP contribution in [-0.2, 0) is 15.8 Å². The van der Waals surface area contributed by atoms with Crippen LogP contribution in [0.15, 0.2) is 42.5 Å². The molecule has 11 heteroatoms. The molecule has 0 bridgehead atoms. The molecule has 31 heavy (non-hydrogen) atoms. The molecule has 0 heterocycles. The Morgan fingerprint density at radius 3 is 2.29 bits per heavy atom. The topological polar surface area (TPSA) is 92.0 Å². The highest BCUT2D eigenvalue weighted by Gasteiger charge is 2.35. The van der Waals surface area contributed by atoms with E-state index in [4.69, 9.17) is 22.9 Å². The zero-order valence-electron chi connectivity index (χ0n) is 16.1. The lowest BCUT2D eigenvalue weighted by atomic mass is 10.1. The maximum absolute atomic E-state index is 13.1. The molecule has 0 saturated heterocycles. The highest BCUT2D eigenvalue weighted by molar-refractivity contribution is 6.29. The summed E-state index contributed by atoms with van der Waals surface area (Å²) in [6, 6.07) is 8.69. The Labute approximate surface area is 180 Å². The van der Waals surface area contributed by atoms with E-state index in [1.807, 2.05) is 0 Å². The fraction of sp³-hybridized carbons (Fsp3) is 0.250. The minimum absolute atomic E-state index is 0.207. The SMILES string of the molecule is [C-]#[N+]c1ccc(NC(=O)[C@@](C)(O)COc2ccc(NC(=O)CCl)cc2)cc1C(F)(F)F. The average molecular weight is 456 g/mol. The number of nitrogens with zero attached hydrogens (tertiary/aromatic N) is 1. The van der Waals surface area contributed by atoms with Crippen molar-refractivity contribution in [2.75, 3.05) is 23.1 Å². The quantitative estimate of drug-likeness (QED) is 0.431. The molecule has 7 nitrogen and oxygen atoms in total. The molecule has 1 atom stereocenters. The van der Waals surface area contributed by atoms with E-state index in [0.29, 0.717) is 11.8 Å². The van der Waals surface area contributed by atoms with Crippen molar-refractivity contribution in [2.45, 2.75) is 18.7 Å². The molecule has 0 aromatic heterocycles. The van der Waals surface area contributed by atoms with Gasteiger partial charge in [0.05, 0.1) is 12.1 Å². The molecular weight excluding hydrogens is 439 g/mol. The van der Waals surface area contributed by atoms with Crippen molar-refractivity contribution >= 4 is 40.5 Å². The van der Waals surface area contributed by atoms with Crippen LogP contribution < -0.4 is 15.4 Å². The minimum Gasteiger partial charge on any atom is -0.490 e. The molecule has 2 aromatic carbocycles. The molecule has 0 radical (unpaired) electrons. The van der Waals surface area contributed by atoms with Gasteiger partial charge in [-0.3, -0.25) is 9.59 Å². The summed E-state index contributed by atoms with van der Waals surface area (Å²) in [5.41, 5.74) is -3.65. The Morgan fingerprint density at radius 2 is 1.74 bits per heavy atom. The number of ether oxygens (including phenoxy) is 1. The normalized spacial score (nSPS) is 12.9. The van der Waals surface area contributed by atoms with Crippen molar-refractivity contribution in [1.82, 2.24) is 0 Å². The van der Waals surface area contributed by atoms with Crippen LogP contribution in [-0.4, -0.2) is 35.0 Å². The smallest absolute Gasteiger partial charge is 0.407 e. The average Bonchev–Trinajstić information content (AvgIpc) is 2.72. The molecule has 3 N–H and O–H groups in total. The zero-order chi connectivity index (χ0) is 23.2. The lowest BCUT2D eigenvalue weighted by Crippen LogP contribution is -2.45. The summed E-state index contributed by atoms with van der Waals surface area (Å²) >= 11 is 5.40. The molecule has 0 spiro atoms. The molecule has 0 unspecified atom stereocenters. The number of anilines is 2. The number of aliphatic hydroxyl groups is 1. The second-order valence-corrected chi connectivity index (χ2v) is 6.83. The van der Waals surface area contributed by atoms with Crippen LogP contribution in [0, 0.1) is 6.57 Å². The summed E-state index contributed by atoms with van der Waals surface area (Å²) in [7, 11) is 0. The monoisotopic (exact) mass is 455 g/mol. The van der Waals surface area contributed by atoms with Crippen LogP contribution in [0.4, 0.5) is 30.2 Å². The third-order valence-corrected chi connectivity index (χ3v) is 4.19. The number of amides is 2. The predicted molar refractivity (Wildman–Crippen MR) is 108 cm³/mol. The van der Waals surface area contributed by atoms with Gasteiger partial charge in [0.2, 0.25) is 5.91 Å².